The third kappa shape index (κ3) is 4.45. The molecule has 1 rings (SSSR count). The maximum absolute atomic E-state index is 11.6. The number of allylic oxidation sites excluding steroid dienone is 1. The molecule has 1 aromatic carbocycles. The van der Waals surface area contributed by atoms with Gasteiger partial charge in [0.15, 0.2) is 0 Å². The number of halogens is 2. The average Bonchev–Trinajstić information content (AvgIpc) is 2.50. The number of carbonyl (C=O) groups is 2. The van der Waals surface area contributed by atoms with Gasteiger partial charge in [-0.3, -0.25) is 0 Å². The molecule has 0 aromatic heterocycles. The number of hydrogen-bond acceptors (Lipinski definition) is 4. The van der Waals surface area contributed by atoms with Gasteiger partial charge in [0.1, 0.15) is 5.57 Å². The lowest BCUT2D eigenvalue weighted by Gasteiger charge is -2.15. The Morgan fingerprint density at radius 2 is 1.55 bits per heavy atom. The normalized spacial score (nSPS) is 13.0. The summed E-state index contributed by atoms with van der Waals surface area (Å²) in [5.41, 5.74) is 0.872. The van der Waals surface area contributed by atoms with Gasteiger partial charge in [0.25, 0.3) is 0 Å². The lowest BCUT2D eigenvalue weighted by molar-refractivity contribution is -0.144. The van der Waals surface area contributed by atoms with Crippen molar-refractivity contribution < 1.29 is 19.1 Å². The summed E-state index contributed by atoms with van der Waals surface area (Å²) in [7, 11) is 2.43. The van der Waals surface area contributed by atoms with Crippen LogP contribution in [0.5, 0.6) is 0 Å². The highest BCUT2D eigenvalue weighted by molar-refractivity contribution is 9.12. The zero-order chi connectivity index (χ0) is 15.1. The van der Waals surface area contributed by atoms with Gasteiger partial charge in [-0.1, -0.05) is 62.2 Å². The van der Waals surface area contributed by atoms with Crippen LogP contribution in [0.2, 0.25) is 0 Å². The molecule has 0 aliphatic carbocycles. The second-order valence-electron chi connectivity index (χ2n) is 3.82. The Bertz CT molecular complexity index is 481. The minimum Gasteiger partial charge on any atom is -0.465 e. The Balaban J connectivity index is 2.99. The van der Waals surface area contributed by atoms with Crippen LogP contribution in [0.3, 0.4) is 0 Å². The predicted molar refractivity (Wildman–Crippen MR) is 82.9 cm³/mol. The summed E-state index contributed by atoms with van der Waals surface area (Å²) < 4.78 is 9.15. The molecule has 0 aliphatic heterocycles. The van der Waals surface area contributed by atoms with Crippen molar-refractivity contribution in [2.24, 2.45) is 0 Å². The molecule has 0 N–H and O–H groups in total. The summed E-state index contributed by atoms with van der Waals surface area (Å²) in [5.74, 6) is -1.46. The number of esters is 2. The van der Waals surface area contributed by atoms with E-state index in [4.69, 9.17) is 0 Å². The van der Waals surface area contributed by atoms with E-state index in [1.54, 1.807) is 0 Å². The van der Waals surface area contributed by atoms with Crippen LogP contribution in [0.1, 0.15) is 10.4 Å². The highest BCUT2D eigenvalue weighted by Crippen LogP contribution is 2.32. The van der Waals surface area contributed by atoms with Crippen molar-refractivity contribution >= 4 is 43.8 Å². The SMILES string of the molecule is COC(=O)C(=C[C@@H](Br)[C@H](Br)c1ccccc1)C(=O)OC. The summed E-state index contributed by atoms with van der Waals surface area (Å²) in [6.07, 6.45) is 1.48. The average molecular weight is 406 g/mol. The molecule has 4 nitrogen and oxygen atoms in total. The Morgan fingerprint density at radius 3 is 2.00 bits per heavy atom. The molecule has 0 fully saturated rings. The minimum atomic E-state index is -0.728. The van der Waals surface area contributed by atoms with Crippen LogP contribution in [-0.4, -0.2) is 31.0 Å². The van der Waals surface area contributed by atoms with E-state index in [1.807, 2.05) is 30.3 Å². The molecule has 6 heteroatoms. The van der Waals surface area contributed by atoms with Crippen LogP contribution < -0.4 is 0 Å². The Morgan fingerprint density at radius 1 is 1.05 bits per heavy atom. The monoisotopic (exact) mass is 404 g/mol. The second kappa shape index (κ2) is 8.21. The van der Waals surface area contributed by atoms with E-state index in [-0.39, 0.29) is 15.2 Å². The first-order valence-corrected chi connectivity index (χ1v) is 7.56. The molecule has 2 atom stereocenters. The van der Waals surface area contributed by atoms with Gasteiger partial charge in [0.2, 0.25) is 0 Å². The molecule has 0 aliphatic rings. The number of alkyl halides is 2. The maximum atomic E-state index is 11.6. The van der Waals surface area contributed by atoms with Crippen LogP contribution in [0, 0.1) is 0 Å². The maximum Gasteiger partial charge on any atom is 0.345 e. The van der Waals surface area contributed by atoms with E-state index in [0.717, 1.165) is 5.56 Å². The first-order valence-electron chi connectivity index (χ1n) is 5.72. The van der Waals surface area contributed by atoms with Gasteiger partial charge < -0.3 is 9.47 Å². The molecular weight excluding hydrogens is 392 g/mol. The number of ether oxygens (including phenoxy) is 2. The number of hydrogen-bond donors (Lipinski definition) is 0. The largest absolute Gasteiger partial charge is 0.465 e. The molecule has 1 aromatic rings. The summed E-state index contributed by atoms with van der Waals surface area (Å²) in [5, 5.41) is 0. The predicted octanol–water partition coefficient (Wildman–Crippen LogP) is 3.16. The number of carbonyl (C=O) groups excluding carboxylic acids is 2. The summed E-state index contributed by atoms with van der Waals surface area (Å²) in [6.45, 7) is 0. The first kappa shape index (κ1) is 16.9. The van der Waals surface area contributed by atoms with Gasteiger partial charge in [-0.05, 0) is 11.6 Å². The van der Waals surface area contributed by atoms with E-state index in [1.165, 1.54) is 20.3 Å². The van der Waals surface area contributed by atoms with Crippen LogP contribution in [0.4, 0.5) is 0 Å². The van der Waals surface area contributed by atoms with E-state index in [9.17, 15) is 9.59 Å². The van der Waals surface area contributed by atoms with Gasteiger partial charge in [-0.2, -0.15) is 0 Å². The van der Waals surface area contributed by atoms with Crippen molar-refractivity contribution in [2.75, 3.05) is 14.2 Å². The standard InChI is InChI=1S/C14H14Br2O4/c1-19-13(17)10(14(18)20-2)8-11(15)12(16)9-6-4-3-5-7-9/h3-8,11-12H,1-2H3/t11-,12-/m1/s1. The zero-order valence-electron chi connectivity index (χ0n) is 11.0. The molecule has 0 heterocycles. The molecule has 0 bridgehead atoms. The lowest BCUT2D eigenvalue weighted by Crippen LogP contribution is -2.18. The second-order valence-corrected chi connectivity index (χ2v) is 5.86. The van der Waals surface area contributed by atoms with Crippen molar-refractivity contribution in [1.29, 1.82) is 0 Å². The molecule has 0 amide bonds. The van der Waals surface area contributed by atoms with Crippen LogP contribution in [0.25, 0.3) is 0 Å². The molecule has 0 unspecified atom stereocenters. The smallest absolute Gasteiger partial charge is 0.345 e. The molecule has 0 saturated heterocycles. The van der Waals surface area contributed by atoms with Crippen LogP contribution >= 0.6 is 31.9 Å². The fourth-order valence-electron chi connectivity index (χ4n) is 1.50. The molecule has 0 spiro atoms. The fraction of sp³-hybridized carbons (Fsp3) is 0.286. The van der Waals surface area contributed by atoms with Gasteiger partial charge in [0.05, 0.1) is 23.9 Å². The number of rotatable bonds is 5. The molecule has 20 heavy (non-hydrogen) atoms. The first-order chi connectivity index (χ1) is 9.51. The van der Waals surface area contributed by atoms with Gasteiger partial charge in [-0.25, -0.2) is 9.59 Å². The number of benzene rings is 1. The van der Waals surface area contributed by atoms with Crippen molar-refractivity contribution in [3.8, 4) is 0 Å². The lowest BCUT2D eigenvalue weighted by atomic mass is 10.1. The third-order valence-corrected chi connectivity index (χ3v) is 5.13. The summed E-state index contributed by atoms with van der Waals surface area (Å²) in [4.78, 5) is 22.8. The Hall–Kier alpha value is -1.14. The molecule has 108 valence electrons. The van der Waals surface area contributed by atoms with Crippen molar-refractivity contribution in [3.63, 3.8) is 0 Å². The van der Waals surface area contributed by atoms with Crippen molar-refractivity contribution in [2.45, 2.75) is 9.65 Å². The molecule has 0 saturated carbocycles. The Kier molecular flexibility index (Phi) is 6.95. The fourth-order valence-corrected chi connectivity index (χ4v) is 2.53. The topological polar surface area (TPSA) is 52.6 Å². The van der Waals surface area contributed by atoms with Gasteiger partial charge in [-0.15, -0.1) is 0 Å². The molecule has 0 radical (unpaired) electrons. The van der Waals surface area contributed by atoms with E-state index in [2.05, 4.69) is 41.3 Å². The quantitative estimate of drug-likeness (QED) is 0.248. The summed E-state index contributed by atoms with van der Waals surface area (Å²) in [6, 6.07) is 9.62. The van der Waals surface area contributed by atoms with E-state index < -0.39 is 11.9 Å². The van der Waals surface area contributed by atoms with Crippen molar-refractivity contribution in [3.05, 3.63) is 47.5 Å². The van der Waals surface area contributed by atoms with E-state index >= 15 is 0 Å². The van der Waals surface area contributed by atoms with Gasteiger partial charge in [0, 0.05) is 0 Å². The highest BCUT2D eigenvalue weighted by atomic mass is 79.9. The number of methoxy groups -OCH3 is 2. The minimum absolute atomic E-state index is 0.104. The van der Waals surface area contributed by atoms with Crippen molar-refractivity contribution in [1.82, 2.24) is 0 Å². The Labute approximate surface area is 134 Å². The zero-order valence-corrected chi connectivity index (χ0v) is 14.2. The summed E-state index contributed by atoms with van der Waals surface area (Å²) >= 11 is 6.96. The van der Waals surface area contributed by atoms with Gasteiger partial charge >= 0.3 is 11.9 Å². The van der Waals surface area contributed by atoms with E-state index in [0.29, 0.717) is 0 Å². The molecular formula is C14H14Br2O4. The van der Waals surface area contributed by atoms with Crippen LogP contribution in [0.15, 0.2) is 42.0 Å². The van der Waals surface area contributed by atoms with Crippen LogP contribution in [-0.2, 0) is 19.1 Å². The highest BCUT2D eigenvalue weighted by Gasteiger charge is 2.24. The third-order valence-electron chi connectivity index (χ3n) is 2.53.